The highest BCUT2D eigenvalue weighted by molar-refractivity contribution is 7.89. The Bertz CT molecular complexity index is 617. The van der Waals surface area contributed by atoms with E-state index >= 15 is 0 Å². The standard InChI is InChI=1S/C15H21ClN2O3S/c16-14-6-2-1-5-13(14)15-10-17-7-8-18(15)22(19,20)12-4-3-9-21-11-12/h1-2,5-6,12,15,17H,3-4,7-11H2. The van der Waals surface area contributed by atoms with E-state index in [9.17, 15) is 8.42 Å². The predicted molar refractivity (Wildman–Crippen MR) is 86.5 cm³/mol. The van der Waals surface area contributed by atoms with Crippen molar-refractivity contribution < 1.29 is 13.2 Å². The minimum atomic E-state index is -3.39. The number of rotatable bonds is 3. The Hall–Kier alpha value is -0.660. The van der Waals surface area contributed by atoms with E-state index in [0.717, 1.165) is 12.0 Å². The zero-order valence-electron chi connectivity index (χ0n) is 12.4. The van der Waals surface area contributed by atoms with Gasteiger partial charge in [0, 0.05) is 31.3 Å². The van der Waals surface area contributed by atoms with Gasteiger partial charge in [0.2, 0.25) is 10.0 Å². The third kappa shape index (κ3) is 3.16. The Morgan fingerprint density at radius 1 is 1.32 bits per heavy atom. The molecule has 2 fully saturated rings. The molecule has 2 atom stereocenters. The molecular formula is C15H21ClN2O3S. The first-order chi connectivity index (χ1) is 10.6. The van der Waals surface area contributed by atoms with Gasteiger partial charge in [0.05, 0.1) is 17.9 Å². The molecule has 7 heteroatoms. The highest BCUT2D eigenvalue weighted by atomic mass is 35.5. The van der Waals surface area contributed by atoms with Gasteiger partial charge in [-0.25, -0.2) is 8.42 Å². The van der Waals surface area contributed by atoms with Crippen LogP contribution in [0.3, 0.4) is 0 Å². The zero-order chi connectivity index (χ0) is 15.6. The Labute approximate surface area is 136 Å². The molecule has 22 heavy (non-hydrogen) atoms. The topological polar surface area (TPSA) is 58.6 Å². The van der Waals surface area contributed by atoms with Gasteiger partial charge >= 0.3 is 0 Å². The van der Waals surface area contributed by atoms with Gasteiger partial charge in [-0.05, 0) is 24.5 Å². The van der Waals surface area contributed by atoms with E-state index < -0.39 is 15.3 Å². The average Bonchev–Trinajstić information content (AvgIpc) is 2.56. The molecule has 0 aromatic heterocycles. The molecule has 5 nitrogen and oxygen atoms in total. The molecule has 2 heterocycles. The van der Waals surface area contributed by atoms with Crippen molar-refractivity contribution >= 4 is 21.6 Å². The molecule has 0 bridgehead atoms. The van der Waals surface area contributed by atoms with Crippen molar-refractivity contribution in [3.63, 3.8) is 0 Å². The van der Waals surface area contributed by atoms with Crippen LogP contribution in [0.4, 0.5) is 0 Å². The number of hydrogen-bond acceptors (Lipinski definition) is 4. The molecule has 2 saturated heterocycles. The number of ether oxygens (including phenoxy) is 1. The van der Waals surface area contributed by atoms with Crippen LogP contribution in [0.2, 0.25) is 5.02 Å². The fourth-order valence-electron chi connectivity index (χ4n) is 3.14. The highest BCUT2D eigenvalue weighted by Crippen LogP contribution is 2.32. The fraction of sp³-hybridized carbons (Fsp3) is 0.600. The molecule has 0 radical (unpaired) electrons. The van der Waals surface area contributed by atoms with E-state index in [-0.39, 0.29) is 6.04 Å². The molecule has 2 unspecified atom stereocenters. The lowest BCUT2D eigenvalue weighted by atomic mass is 10.1. The van der Waals surface area contributed by atoms with E-state index in [1.807, 2.05) is 18.2 Å². The van der Waals surface area contributed by atoms with Gasteiger partial charge < -0.3 is 10.1 Å². The first-order valence-corrected chi connectivity index (χ1v) is 9.52. The third-order valence-electron chi connectivity index (χ3n) is 4.33. The summed E-state index contributed by atoms with van der Waals surface area (Å²) in [5.41, 5.74) is 0.858. The van der Waals surface area contributed by atoms with Crippen molar-refractivity contribution in [2.24, 2.45) is 0 Å². The molecule has 0 saturated carbocycles. The van der Waals surface area contributed by atoms with Crippen LogP contribution in [0, 0.1) is 0 Å². The normalized spacial score (nSPS) is 27.7. The van der Waals surface area contributed by atoms with Crippen LogP contribution < -0.4 is 5.32 Å². The number of nitrogens with zero attached hydrogens (tertiary/aromatic N) is 1. The summed E-state index contributed by atoms with van der Waals surface area (Å²) < 4.78 is 33.0. The number of nitrogens with one attached hydrogen (secondary N) is 1. The van der Waals surface area contributed by atoms with Crippen molar-refractivity contribution in [2.45, 2.75) is 24.1 Å². The second kappa shape index (κ2) is 6.84. The molecule has 2 aliphatic rings. The molecule has 0 aliphatic carbocycles. The molecule has 0 amide bonds. The summed E-state index contributed by atoms with van der Waals surface area (Å²) in [6, 6.07) is 7.20. The lowest BCUT2D eigenvalue weighted by Crippen LogP contribution is -2.52. The summed E-state index contributed by atoms with van der Waals surface area (Å²) >= 11 is 6.28. The lowest BCUT2D eigenvalue weighted by molar-refractivity contribution is 0.0963. The molecule has 2 aliphatic heterocycles. The van der Waals surface area contributed by atoms with Crippen LogP contribution >= 0.6 is 11.6 Å². The molecule has 1 N–H and O–H groups in total. The highest BCUT2D eigenvalue weighted by Gasteiger charge is 2.39. The van der Waals surface area contributed by atoms with Crippen molar-refractivity contribution in [2.75, 3.05) is 32.8 Å². The monoisotopic (exact) mass is 344 g/mol. The summed E-state index contributed by atoms with van der Waals surface area (Å²) in [5.74, 6) is 0. The third-order valence-corrected chi connectivity index (χ3v) is 6.97. The summed E-state index contributed by atoms with van der Waals surface area (Å²) in [5, 5.41) is 3.44. The quantitative estimate of drug-likeness (QED) is 0.908. The second-order valence-electron chi connectivity index (χ2n) is 5.74. The second-order valence-corrected chi connectivity index (χ2v) is 8.31. The minimum Gasteiger partial charge on any atom is -0.380 e. The fourth-order valence-corrected chi connectivity index (χ4v) is 5.40. The van der Waals surface area contributed by atoms with Crippen LogP contribution in [0.5, 0.6) is 0 Å². The van der Waals surface area contributed by atoms with E-state index in [0.29, 0.717) is 44.3 Å². The Morgan fingerprint density at radius 2 is 2.14 bits per heavy atom. The van der Waals surface area contributed by atoms with Crippen molar-refractivity contribution in [1.29, 1.82) is 0 Å². The summed E-state index contributed by atoms with van der Waals surface area (Å²) in [6.07, 6.45) is 1.47. The number of hydrogen-bond donors (Lipinski definition) is 1. The van der Waals surface area contributed by atoms with Gasteiger partial charge in [0.15, 0.2) is 0 Å². The summed E-state index contributed by atoms with van der Waals surface area (Å²) in [7, 11) is -3.39. The predicted octanol–water partition coefficient (Wildman–Crippen LogP) is 1.80. The van der Waals surface area contributed by atoms with Gasteiger partial charge in [-0.1, -0.05) is 29.8 Å². The lowest BCUT2D eigenvalue weighted by Gasteiger charge is -2.38. The van der Waals surface area contributed by atoms with Gasteiger partial charge in [0.1, 0.15) is 0 Å². The van der Waals surface area contributed by atoms with Gasteiger partial charge in [-0.2, -0.15) is 4.31 Å². The van der Waals surface area contributed by atoms with E-state index in [2.05, 4.69) is 5.32 Å². The summed E-state index contributed by atoms with van der Waals surface area (Å²) in [4.78, 5) is 0. The maximum Gasteiger partial charge on any atom is 0.219 e. The number of halogens is 1. The van der Waals surface area contributed by atoms with E-state index in [1.54, 1.807) is 10.4 Å². The first kappa shape index (κ1) is 16.2. The summed E-state index contributed by atoms with van der Waals surface area (Å²) in [6.45, 7) is 2.65. The average molecular weight is 345 g/mol. The van der Waals surface area contributed by atoms with E-state index in [4.69, 9.17) is 16.3 Å². The van der Waals surface area contributed by atoms with Crippen molar-refractivity contribution in [1.82, 2.24) is 9.62 Å². The smallest absolute Gasteiger partial charge is 0.219 e. The van der Waals surface area contributed by atoms with E-state index in [1.165, 1.54) is 0 Å². The SMILES string of the molecule is O=S(=O)(C1CCCOC1)N1CCNCC1c1ccccc1Cl. The van der Waals surface area contributed by atoms with Crippen LogP contribution in [0.1, 0.15) is 24.4 Å². The maximum absolute atomic E-state index is 13.0. The molecule has 1 aromatic carbocycles. The molecular weight excluding hydrogens is 324 g/mol. The van der Waals surface area contributed by atoms with Crippen molar-refractivity contribution in [3.8, 4) is 0 Å². The van der Waals surface area contributed by atoms with Gasteiger partial charge in [-0.15, -0.1) is 0 Å². The molecule has 1 aromatic rings. The van der Waals surface area contributed by atoms with Crippen LogP contribution in [0.15, 0.2) is 24.3 Å². The zero-order valence-corrected chi connectivity index (χ0v) is 13.9. The number of piperazine rings is 1. The van der Waals surface area contributed by atoms with Crippen LogP contribution in [-0.2, 0) is 14.8 Å². The molecule has 122 valence electrons. The van der Waals surface area contributed by atoms with Crippen molar-refractivity contribution in [3.05, 3.63) is 34.9 Å². The Kier molecular flexibility index (Phi) is 5.04. The van der Waals surface area contributed by atoms with Gasteiger partial charge in [-0.3, -0.25) is 0 Å². The molecule has 0 spiro atoms. The first-order valence-electron chi connectivity index (χ1n) is 7.64. The van der Waals surface area contributed by atoms with Gasteiger partial charge in [0.25, 0.3) is 0 Å². The minimum absolute atomic E-state index is 0.255. The number of sulfonamides is 1. The Morgan fingerprint density at radius 3 is 2.86 bits per heavy atom. The number of benzene rings is 1. The largest absolute Gasteiger partial charge is 0.380 e. The maximum atomic E-state index is 13.0. The molecule has 3 rings (SSSR count). The van der Waals surface area contributed by atoms with Crippen LogP contribution in [-0.4, -0.2) is 50.8 Å². The van der Waals surface area contributed by atoms with Crippen LogP contribution in [0.25, 0.3) is 0 Å². The Balaban J connectivity index is 1.91.